The van der Waals surface area contributed by atoms with Crippen molar-refractivity contribution in [2.45, 2.75) is 40.2 Å². The van der Waals surface area contributed by atoms with Gasteiger partial charge in [0.05, 0.1) is 18.5 Å². The van der Waals surface area contributed by atoms with Gasteiger partial charge in [-0.25, -0.2) is 8.42 Å². The first kappa shape index (κ1) is 21.0. The second kappa shape index (κ2) is 9.04. The number of nitrogens with zero attached hydrogens (tertiary/aromatic N) is 1. The minimum Gasteiger partial charge on any atom is -0.352 e. The topological polar surface area (TPSA) is 66.5 Å². The molecule has 1 N–H and O–H groups in total. The van der Waals surface area contributed by atoms with Gasteiger partial charge in [0.15, 0.2) is 0 Å². The van der Waals surface area contributed by atoms with Crippen LogP contribution in [0.5, 0.6) is 0 Å². The van der Waals surface area contributed by atoms with E-state index >= 15 is 0 Å². The molecule has 2 rings (SSSR count). The van der Waals surface area contributed by atoms with E-state index in [9.17, 15) is 13.2 Å². The predicted octanol–water partition coefficient (Wildman–Crippen LogP) is 3.80. The molecule has 2 aromatic carbocycles. The van der Waals surface area contributed by atoms with Crippen LogP contribution in [0.25, 0.3) is 0 Å². The van der Waals surface area contributed by atoms with Crippen molar-refractivity contribution >= 4 is 21.6 Å². The summed E-state index contributed by atoms with van der Waals surface area (Å²) in [6, 6.07) is 12.8. The van der Waals surface area contributed by atoms with E-state index in [-0.39, 0.29) is 12.5 Å². The van der Waals surface area contributed by atoms with Gasteiger partial charge in [0.25, 0.3) is 5.91 Å². The van der Waals surface area contributed by atoms with Crippen LogP contribution in [0, 0.1) is 13.8 Å². The summed E-state index contributed by atoms with van der Waals surface area (Å²) in [5.41, 5.74) is 4.07. The van der Waals surface area contributed by atoms with Crippen LogP contribution < -0.4 is 9.62 Å². The fourth-order valence-electron chi connectivity index (χ4n) is 2.90. The highest BCUT2D eigenvalue weighted by atomic mass is 32.2. The molecule has 2 aromatic rings. The SMILES string of the molecule is CCCCNC(=O)c1ccc(CN(c2cc(C)cc(C)c2)S(C)(=O)=O)cc1. The monoisotopic (exact) mass is 388 g/mol. The molecule has 0 aliphatic carbocycles. The molecule has 6 heteroatoms. The molecule has 0 fully saturated rings. The molecule has 0 aliphatic rings. The molecule has 0 atom stereocenters. The van der Waals surface area contributed by atoms with Gasteiger partial charge in [-0.2, -0.15) is 0 Å². The molecule has 0 radical (unpaired) electrons. The predicted molar refractivity (Wildman–Crippen MR) is 111 cm³/mol. The van der Waals surface area contributed by atoms with Gasteiger partial charge in [-0.05, 0) is 61.2 Å². The van der Waals surface area contributed by atoms with E-state index in [1.165, 1.54) is 10.6 Å². The summed E-state index contributed by atoms with van der Waals surface area (Å²) in [7, 11) is -3.44. The third-order valence-corrected chi connectivity index (χ3v) is 5.39. The van der Waals surface area contributed by atoms with Gasteiger partial charge >= 0.3 is 0 Å². The van der Waals surface area contributed by atoms with Gasteiger partial charge < -0.3 is 5.32 Å². The number of hydrogen-bond acceptors (Lipinski definition) is 3. The van der Waals surface area contributed by atoms with Gasteiger partial charge in [-0.1, -0.05) is 31.5 Å². The van der Waals surface area contributed by atoms with Crippen molar-refractivity contribution in [3.05, 3.63) is 64.7 Å². The first-order valence-electron chi connectivity index (χ1n) is 9.14. The van der Waals surface area contributed by atoms with E-state index in [0.717, 1.165) is 29.5 Å². The van der Waals surface area contributed by atoms with E-state index in [1.807, 2.05) is 32.0 Å². The van der Waals surface area contributed by atoms with Crippen LogP contribution >= 0.6 is 0 Å². The van der Waals surface area contributed by atoms with Crippen molar-refractivity contribution in [3.8, 4) is 0 Å². The number of amides is 1. The van der Waals surface area contributed by atoms with Crippen LogP contribution in [0.1, 0.15) is 46.8 Å². The maximum atomic E-state index is 12.3. The van der Waals surface area contributed by atoms with Crippen LogP contribution in [0.15, 0.2) is 42.5 Å². The van der Waals surface area contributed by atoms with Crippen molar-refractivity contribution in [2.24, 2.45) is 0 Å². The smallest absolute Gasteiger partial charge is 0.251 e. The highest BCUT2D eigenvalue weighted by molar-refractivity contribution is 7.92. The zero-order valence-corrected chi connectivity index (χ0v) is 17.3. The first-order valence-corrected chi connectivity index (χ1v) is 11.0. The summed E-state index contributed by atoms with van der Waals surface area (Å²) in [5.74, 6) is -0.107. The Balaban J connectivity index is 2.20. The lowest BCUT2D eigenvalue weighted by atomic mass is 10.1. The van der Waals surface area contributed by atoms with Crippen molar-refractivity contribution in [3.63, 3.8) is 0 Å². The highest BCUT2D eigenvalue weighted by Crippen LogP contribution is 2.23. The fourth-order valence-corrected chi connectivity index (χ4v) is 3.77. The van der Waals surface area contributed by atoms with E-state index in [0.29, 0.717) is 17.8 Å². The summed E-state index contributed by atoms with van der Waals surface area (Å²) >= 11 is 0. The lowest BCUT2D eigenvalue weighted by Gasteiger charge is -2.23. The molecular weight excluding hydrogens is 360 g/mol. The Labute approximate surface area is 162 Å². The van der Waals surface area contributed by atoms with Crippen LogP contribution in [0.3, 0.4) is 0 Å². The summed E-state index contributed by atoms with van der Waals surface area (Å²) in [5, 5.41) is 2.88. The van der Waals surface area contributed by atoms with Crippen LogP contribution in [0.4, 0.5) is 5.69 Å². The number of rotatable bonds is 8. The minimum absolute atomic E-state index is 0.107. The van der Waals surface area contributed by atoms with E-state index in [1.54, 1.807) is 24.3 Å². The summed E-state index contributed by atoms with van der Waals surface area (Å²) in [6.07, 6.45) is 3.18. The molecule has 0 saturated carbocycles. The van der Waals surface area contributed by atoms with E-state index in [4.69, 9.17) is 0 Å². The molecule has 0 unspecified atom stereocenters. The number of carbonyl (C=O) groups is 1. The van der Waals surface area contributed by atoms with Gasteiger partial charge in [0.2, 0.25) is 10.0 Å². The number of unbranched alkanes of at least 4 members (excludes halogenated alkanes) is 1. The average molecular weight is 389 g/mol. The quantitative estimate of drug-likeness (QED) is 0.700. The Morgan fingerprint density at radius 3 is 2.15 bits per heavy atom. The zero-order chi connectivity index (χ0) is 20.0. The molecule has 27 heavy (non-hydrogen) atoms. The van der Waals surface area contributed by atoms with Crippen molar-refractivity contribution in [1.29, 1.82) is 0 Å². The average Bonchev–Trinajstić information content (AvgIpc) is 2.58. The first-order chi connectivity index (χ1) is 12.7. The van der Waals surface area contributed by atoms with E-state index < -0.39 is 10.0 Å². The highest BCUT2D eigenvalue weighted by Gasteiger charge is 2.18. The van der Waals surface area contributed by atoms with Crippen LogP contribution in [-0.2, 0) is 16.6 Å². The number of aryl methyl sites for hydroxylation is 2. The Kier molecular flexibility index (Phi) is 7.02. The van der Waals surface area contributed by atoms with Gasteiger partial charge in [0.1, 0.15) is 0 Å². The third kappa shape index (κ3) is 6.10. The Morgan fingerprint density at radius 2 is 1.63 bits per heavy atom. The molecule has 146 valence electrons. The molecule has 0 spiro atoms. The standard InChI is InChI=1S/C21H28N2O3S/c1-5-6-11-22-21(24)19-9-7-18(8-10-19)15-23(27(4,25)26)20-13-16(2)12-17(3)14-20/h7-10,12-14H,5-6,11,15H2,1-4H3,(H,22,24). The second-order valence-electron chi connectivity index (χ2n) is 6.92. The number of sulfonamides is 1. The number of carbonyl (C=O) groups excluding carboxylic acids is 1. The largest absolute Gasteiger partial charge is 0.352 e. The lowest BCUT2D eigenvalue weighted by molar-refractivity contribution is 0.0953. The summed E-state index contributed by atoms with van der Waals surface area (Å²) in [6.45, 7) is 6.85. The molecule has 0 aromatic heterocycles. The van der Waals surface area contributed by atoms with Gasteiger partial charge in [-0.15, -0.1) is 0 Å². The number of hydrogen-bond donors (Lipinski definition) is 1. The normalized spacial score (nSPS) is 11.3. The number of nitrogens with one attached hydrogen (secondary N) is 1. The third-order valence-electron chi connectivity index (χ3n) is 4.25. The molecule has 0 saturated heterocycles. The fraction of sp³-hybridized carbons (Fsp3) is 0.381. The molecule has 1 amide bonds. The van der Waals surface area contributed by atoms with Crippen LogP contribution in [-0.4, -0.2) is 27.1 Å². The van der Waals surface area contributed by atoms with E-state index in [2.05, 4.69) is 12.2 Å². The maximum absolute atomic E-state index is 12.3. The zero-order valence-electron chi connectivity index (χ0n) is 16.5. The molecule has 0 heterocycles. The lowest BCUT2D eigenvalue weighted by Crippen LogP contribution is -2.29. The van der Waals surface area contributed by atoms with Crippen molar-refractivity contribution < 1.29 is 13.2 Å². The number of anilines is 1. The molecule has 5 nitrogen and oxygen atoms in total. The molecule has 0 bridgehead atoms. The van der Waals surface area contributed by atoms with Gasteiger partial charge in [0, 0.05) is 12.1 Å². The second-order valence-corrected chi connectivity index (χ2v) is 8.83. The summed E-state index contributed by atoms with van der Waals surface area (Å²) in [4.78, 5) is 12.1. The Hall–Kier alpha value is -2.34. The van der Waals surface area contributed by atoms with Gasteiger partial charge in [-0.3, -0.25) is 9.10 Å². The van der Waals surface area contributed by atoms with Crippen molar-refractivity contribution in [1.82, 2.24) is 5.32 Å². The minimum atomic E-state index is -3.44. The molecular formula is C21H28N2O3S. The Bertz CT molecular complexity index is 870. The summed E-state index contributed by atoms with van der Waals surface area (Å²) < 4.78 is 26.1. The maximum Gasteiger partial charge on any atom is 0.251 e. The Morgan fingerprint density at radius 1 is 1.04 bits per heavy atom. The number of benzene rings is 2. The van der Waals surface area contributed by atoms with Crippen LogP contribution in [0.2, 0.25) is 0 Å². The van der Waals surface area contributed by atoms with Crippen molar-refractivity contribution in [2.75, 3.05) is 17.1 Å². The molecule has 0 aliphatic heterocycles.